The molecular formula is C22H23NO5. The normalized spacial score (nSPS) is 12.2. The molecule has 0 bridgehead atoms. The highest BCUT2D eigenvalue weighted by molar-refractivity contribution is 5.91. The molecule has 2 aromatic carbocycles. The van der Waals surface area contributed by atoms with Crippen LogP contribution in [-0.2, 0) is 4.79 Å². The number of nitrogens with one attached hydrogen (secondary N) is 1. The first-order valence-corrected chi connectivity index (χ1v) is 8.95. The number of hydrogen-bond donors (Lipinski definition) is 2. The molecule has 1 atom stereocenters. The van der Waals surface area contributed by atoms with Crippen LogP contribution in [0.4, 0.5) is 0 Å². The van der Waals surface area contributed by atoms with Crippen molar-refractivity contribution < 1.29 is 23.8 Å². The van der Waals surface area contributed by atoms with Crippen LogP contribution in [0.3, 0.4) is 0 Å². The van der Waals surface area contributed by atoms with Gasteiger partial charge in [0, 0.05) is 18.0 Å². The van der Waals surface area contributed by atoms with E-state index in [1.54, 1.807) is 32.4 Å². The summed E-state index contributed by atoms with van der Waals surface area (Å²) in [5.41, 5.74) is 1.55. The molecule has 0 spiro atoms. The Morgan fingerprint density at radius 1 is 1.14 bits per heavy atom. The minimum Gasteiger partial charge on any atom is -0.493 e. The third-order valence-electron chi connectivity index (χ3n) is 4.32. The third-order valence-corrected chi connectivity index (χ3v) is 4.32. The fraction of sp³-hybridized carbons (Fsp3) is 0.227. The molecule has 6 heteroatoms. The van der Waals surface area contributed by atoms with E-state index in [0.717, 1.165) is 16.5 Å². The molecule has 1 heterocycles. The van der Waals surface area contributed by atoms with Crippen molar-refractivity contribution >= 4 is 23.0 Å². The van der Waals surface area contributed by atoms with Gasteiger partial charge in [-0.1, -0.05) is 24.3 Å². The molecule has 3 aromatic rings. The molecule has 1 aromatic heterocycles. The van der Waals surface area contributed by atoms with Gasteiger partial charge in [0.15, 0.2) is 11.5 Å². The van der Waals surface area contributed by atoms with Gasteiger partial charge in [0.25, 0.3) is 0 Å². The summed E-state index contributed by atoms with van der Waals surface area (Å²) in [6.45, 7) is 0.327. The lowest BCUT2D eigenvalue weighted by molar-refractivity contribution is -0.116. The summed E-state index contributed by atoms with van der Waals surface area (Å²) in [4.78, 5) is 12.0. The maximum absolute atomic E-state index is 12.0. The van der Waals surface area contributed by atoms with Crippen molar-refractivity contribution in [3.8, 4) is 11.5 Å². The Bertz CT molecular complexity index is 943. The van der Waals surface area contributed by atoms with Gasteiger partial charge in [-0.2, -0.15) is 0 Å². The number of carbonyl (C=O) groups excluding carboxylic acids is 1. The van der Waals surface area contributed by atoms with Crippen molar-refractivity contribution in [2.24, 2.45) is 0 Å². The quantitative estimate of drug-likeness (QED) is 0.582. The SMILES string of the molecule is COc1ccc(C=CC(=O)NCCC(O)c2cc3ccccc3o2)cc1OC. The van der Waals surface area contributed by atoms with Gasteiger partial charge in [-0.05, 0) is 42.3 Å². The lowest BCUT2D eigenvalue weighted by atomic mass is 10.1. The van der Waals surface area contributed by atoms with Crippen LogP contribution in [0.1, 0.15) is 23.8 Å². The zero-order valence-electron chi connectivity index (χ0n) is 15.8. The summed E-state index contributed by atoms with van der Waals surface area (Å²) in [5, 5.41) is 14.0. The van der Waals surface area contributed by atoms with Crippen LogP contribution >= 0.6 is 0 Å². The van der Waals surface area contributed by atoms with Crippen LogP contribution in [0.25, 0.3) is 17.0 Å². The van der Waals surface area contributed by atoms with Crippen LogP contribution in [0.5, 0.6) is 11.5 Å². The summed E-state index contributed by atoms with van der Waals surface area (Å²) < 4.78 is 16.1. The molecule has 146 valence electrons. The lowest BCUT2D eigenvalue weighted by Gasteiger charge is -2.08. The minimum atomic E-state index is -0.775. The van der Waals surface area contributed by atoms with E-state index < -0.39 is 6.10 Å². The highest BCUT2D eigenvalue weighted by Gasteiger charge is 2.13. The van der Waals surface area contributed by atoms with Gasteiger partial charge >= 0.3 is 0 Å². The van der Waals surface area contributed by atoms with E-state index in [-0.39, 0.29) is 5.91 Å². The van der Waals surface area contributed by atoms with Gasteiger partial charge in [0.2, 0.25) is 5.91 Å². The number of amides is 1. The van der Waals surface area contributed by atoms with Gasteiger partial charge in [0.05, 0.1) is 14.2 Å². The van der Waals surface area contributed by atoms with Crippen molar-refractivity contribution in [1.29, 1.82) is 0 Å². The van der Waals surface area contributed by atoms with Crippen LogP contribution < -0.4 is 14.8 Å². The molecule has 2 N–H and O–H groups in total. The summed E-state index contributed by atoms with van der Waals surface area (Å²) in [6.07, 6.45) is 2.71. The monoisotopic (exact) mass is 381 g/mol. The number of benzene rings is 2. The predicted molar refractivity (Wildman–Crippen MR) is 107 cm³/mol. The Morgan fingerprint density at radius 3 is 2.68 bits per heavy atom. The smallest absolute Gasteiger partial charge is 0.244 e. The number of aliphatic hydroxyl groups excluding tert-OH is 1. The maximum Gasteiger partial charge on any atom is 0.244 e. The number of carbonyl (C=O) groups is 1. The molecular weight excluding hydrogens is 358 g/mol. The van der Waals surface area contributed by atoms with Gasteiger partial charge in [-0.25, -0.2) is 0 Å². The van der Waals surface area contributed by atoms with E-state index in [1.165, 1.54) is 6.08 Å². The van der Waals surface area contributed by atoms with Crippen LogP contribution in [0.15, 0.2) is 59.0 Å². The minimum absolute atomic E-state index is 0.244. The number of hydrogen-bond acceptors (Lipinski definition) is 5. The first-order chi connectivity index (χ1) is 13.6. The van der Waals surface area contributed by atoms with Crippen molar-refractivity contribution in [2.75, 3.05) is 20.8 Å². The van der Waals surface area contributed by atoms with E-state index in [0.29, 0.717) is 30.2 Å². The molecule has 28 heavy (non-hydrogen) atoms. The first-order valence-electron chi connectivity index (χ1n) is 8.95. The molecule has 0 saturated heterocycles. The standard InChI is InChI=1S/C22H23NO5/c1-26-19-9-7-15(13-21(19)27-2)8-10-22(25)23-12-11-17(24)20-14-16-5-3-4-6-18(16)28-20/h3-10,13-14,17,24H,11-12H2,1-2H3,(H,23,25). The van der Waals surface area contributed by atoms with Crippen molar-refractivity contribution in [3.05, 3.63) is 65.9 Å². The second kappa shape index (κ2) is 9.10. The highest BCUT2D eigenvalue weighted by Crippen LogP contribution is 2.28. The van der Waals surface area contributed by atoms with E-state index in [2.05, 4.69) is 5.32 Å². The molecule has 0 aliphatic carbocycles. The summed E-state index contributed by atoms with van der Waals surface area (Å²) in [6, 6.07) is 14.8. The molecule has 0 radical (unpaired) electrons. The van der Waals surface area contributed by atoms with Crippen molar-refractivity contribution in [1.82, 2.24) is 5.32 Å². The highest BCUT2D eigenvalue weighted by atomic mass is 16.5. The Labute approximate surface area is 163 Å². The zero-order valence-corrected chi connectivity index (χ0v) is 15.8. The van der Waals surface area contributed by atoms with E-state index in [4.69, 9.17) is 13.9 Å². The third kappa shape index (κ3) is 4.72. The molecule has 0 fully saturated rings. The number of furan rings is 1. The van der Waals surface area contributed by atoms with Gasteiger partial charge in [-0.15, -0.1) is 0 Å². The number of ether oxygens (including phenoxy) is 2. The Morgan fingerprint density at radius 2 is 1.93 bits per heavy atom. The largest absolute Gasteiger partial charge is 0.493 e. The number of aliphatic hydroxyl groups is 1. The molecule has 0 aliphatic rings. The average Bonchev–Trinajstić information content (AvgIpc) is 3.16. The van der Waals surface area contributed by atoms with Crippen molar-refractivity contribution in [3.63, 3.8) is 0 Å². The average molecular weight is 381 g/mol. The van der Waals surface area contributed by atoms with Gasteiger partial charge in [-0.3, -0.25) is 4.79 Å². The lowest BCUT2D eigenvalue weighted by Crippen LogP contribution is -2.23. The summed E-state index contributed by atoms with van der Waals surface area (Å²) in [7, 11) is 3.13. The number of para-hydroxylation sites is 1. The molecule has 0 aliphatic heterocycles. The second-order valence-corrected chi connectivity index (χ2v) is 6.23. The Balaban J connectivity index is 1.50. The predicted octanol–water partition coefficient (Wildman–Crippen LogP) is 3.70. The number of methoxy groups -OCH3 is 2. The Kier molecular flexibility index (Phi) is 6.34. The van der Waals surface area contributed by atoms with Crippen LogP contribution in [0.2, 0.25) is 0 Å². The summed E-state index contributed by atoms with van der Waals surface area (Å²) in [5.74, 6) is 1.48. The molecule has 6 nitrogen and oxygen atoms in total. The van der Waals surface area contributed by atoms with Gasteiger partial charge in [0.1, 0.15) is 17.4 Å². The zero-order chi connectivity index (χ0) is 19.9. The number of fused-ring (bicyclic) bond motifs is 1. The second-order valence-electron chi connectivity index (χ2n) is 6.23. The fourth-order valence-electron chi connectivity index (χ4n) is 2.83. The summed E-state index contributed by atoms with van der Waals surface area (Å²) >= 11 is 0. The van der Waals surface area contributed by atoms with E-state index >= 15 is 0 Å². The van der Waals surface area contributed by atoms with Gasteiger partial charge < -0.3 is 24.3 Å². The molecule has 1 amide bonds. The van der Waals surface area contributed by atoms with Crippen LogP contribution in [-0.4, -0.2) is 31.8 Å². The van der Waals surface area contributed by atoms with E-state index in [9.17, 15) is 9.90 Å². The topological polar surface area (TPSA) is 80.9 Å². The van der Waals surface area contributed by atoms with Crippen molar-refractivity contribution in [2.45, 2.75) is 12.5 Å². The Hall–Kier alpha value is -3.25. The molecule has 1 unspecified atom stereocenters. The maximum atomic E-state index is 12.0. The van der Waals surface area contributed by atoms with Crippen LogP contribution in [0, 0.1) is 0 Å². The molecule has 0 saturated carbocycles. The first kappa shape index (κ1) is 19.5. The fourth-order valence-corrected chi connectivity index (χ4v) is 2.83. The number of rotatable bonds is 8. The molecule has 3 rings (SSSR count). The van der Waals surface area contributed by atoms with E-state index in [1.807, 2.05) is 36.4 Å².